The molecule has 0 unspecified atom stereocenters. The Hall–Kier alpha value is -2.55. The molecule has 1 N–H and O–H groups in total. The van der Waals surface area contributed by atoms with Gasteiger partial charge in [0.15, 0.2) is 5.78 Å². The van der Waals surface area contributed by atoms with Crippen LogP contribution in [0.25, 0.3) is 41.3 Å². The number of nitrogens with zero attached hydrogens (tertiary/aromatic N) is 1. The van der Waals surface area contributed by atoms with Crippen molar-refractivity contribution in [2.75, 3.05) is 0 Å². The number of hydrogen-bond donors (Lipinski definition) is 1. The zero-order valence-electron chi connectivity index (χ0n) is 32.4. The van der Waals surface area contributed by atoms with Crippen molar-refractivity contribution >= 4 is 50.4 Å². The molecule has 0 aliphatic carbocycles. The number of aliphatic hydroxyl groups is 1. The van der Waals surface area contributed by atoms with Crippen molar-refractivity contribution in [3.8, 4) is 11.3 Å². The molecule has 0 amide bonds. The maximum Gasteiger partial charge on any atom is 0.164 e. The van der Waals surface area contributed by atoms with E-state index in [1.165, 1.54) is 36.9 Å². The van der Waals surface area contributed by atoms with Gasteiger partial charge in [-0.05, 0) is 25.7 Å². The molecule has 1 radical (unpaired) electrons. The van der Waals surface area contributed by atoms with E-state index in [0.717, 1.165) is 30.5 Å². The van der Waals surface area contributed by atoms with E-state index in [1.807, 2.05) is 47.7 Å². The van der Waals surface area contributed by atoms with Crippen LogP contribution in [0.1, 0.15) is 114 Å². The van der Waals surface area contributed by atoms with Crippen LogP contribution in [-0.4, -0.2) is 30.4 Å². The van der Waals surface area contributed by atoms with Crippen molar-refractivity contribution in [1.82, 2.24) is 4.98 Å². The van der Waals surface area contributed by atoms with E-state index in [1.54, 1.807) is 4.26 Å². The zero-order chi connectivity index (χ0) is 36.3. The van der Waals surface area contributed by atoms with E-state index < -0.39 is 10.8 Å². The molecule has 0 atom stereocenters. The number of carbonyl (C=O) groups excluding carboxylic acids is 1. The van der Waals surface area contributed by atoms with Gasteiger partial charge in [0, 0.05) is 37.0 Å². The van der Waals surface area contributed by atoms with Gasteiger partial charge in [-0.25, -0.2) is 0 Å². The number of aromatic nitrogens is 1. The molecule has 0 aliphatic rings. The van der Waals surface area contributed by atoms with Crippen LogP contribution in [0.3, 0.4) is 0 Å². The molecule has 0 fully saturated rings. The van der Waals surface area contributed by atoms with Crippen molar-refractivity contribution in [2.45, 2.75) is 114 Å². The molecule has 0 spiro atoms. The summed E-state index contributed by atoms with van der Waals surface area (Å²) in [7, 11) is 0. The molecule has 3 aromatic carbocycles. The third kappa shape index (κ3) is 8.85. The first-order chi connectivity index (χ1) is 23.0. The van der Waals surface area contributed by atoms with Gasteiger partial charge in [0.2, 0.25) is 0 Å². The average Bonchev–Trinajstić information content (AvgIpc) is 3.49. The monoisotopic (exact) mass is 904 g/mol. The zero-order valence-corrected chi connectivity index (χ0v) is 35.5. The molecule has 49 heavy (non-hydrogen) atoms. The van der Waals surface area contributed by atoms with Gasteiger partial charge in [-0.2, -0.15) is 0 Å². The Labute approximate surface area is 316 Å². The summed E-state index contributed by atoms with van der Waals surface area (Å²) in [5, 5.41) is 15.5. The van der Waals surface area contributed by atoms with Crippen molar-refractivity contribution in [2.24, 2.45) is 16.7 Å². The van der Waals surface area contributed by atoms with Gasteiger partial charge in [-0.15, -0.1) is 0 Å². The van der Waals surface area contributed by atoms with Crippen LogP contribution < -0.4 is 0 Å². The Morgan fingerprint density at radius 1 is 0.878 bits per heavy atom. The fourth-order valence-corrected chi connectivity index (χ4v) is 8.89. The molecule has 0 aliphatic heterocycles. The van der Waals surface area contributed by atoms with Crippen molar-refractivity contribution < 1.29 is 31.4 Å². The van der Waals surface area contributed by atoms with Gasteiger partial charge in [-0.1, -0.05) is 41.5 Å². The minimum atomic E-state index is -0.534. The second-order valence-electron chi connectivity index (χ2n) is 15.3. The number of hydrogen-bond acceptors (Lipinski definition) is 3. The molecule has 265 valence electrons. The van der Waals surface area contributed by atoms with Crippen LogP contribution in [-0.2, 0) is 36.7 Å². The van der Waals surface area contributed by atoms with E-state index in [4.69, 9.17) is 6.35 Å². The van der Waals surface area contributed by atoms with E-state index in [9.17, 15) is 9.90 Å². The third-order valence-corrected chi connectivity index (χ3v) is 13.2. The number of rotatable bonds is 10. The molecule has 5 aromatic rings. The molecule has 5 rings (SSSR count). The topological polar surface area (TPSA) is 50.2 Å². The number of pyridine rings is 1. The number of benzene rings is 3. The number of aliphatic hydroxyl groups excluding tert-OH is 1. The van der Waals surface area contributed by atoms with Crippen LogP contribution in [0, 0.1) is 22.8 Å². The normalized spacial score (nSPS) is 13.2. The fraction of sp³-hybridized carbons (Fsp3) is 0.455. The summed E-state index contributed by atoms with van der Waals surface area (Å²) in [6.07, 6.45) is 5.94. The molecule has 2 aromatic heterocycles. The van der Waals surface area contributed by atoms with E-state index in [2.05, 4.69) is 95.3 Å². The predicted octanol–water partition coefficient (Wildman–Crippen LogP) is 12.2. The van der Waals surface area contributed by atoms with E-state index in [-0.39, 0.29) is 57.6 Å². The molecule has 0 bridgehead atoms. The first-order valence-corrected chi connectivity index (χ1v) is 19.5. The van der Waals surface area contributed by atoms with Crippen molar-refractivity contribution in [1.29, 1.82) is 0 Å². The summed E-state index contributed by atoms with van der Waals surface area (Å²) in [5.74, 6) is 0.371. The van der Waals surface area contributed by atoms with Gasteiger partial charge >= 0.3 is 191 Å². The molecular weight excluding hydrogens is 846 g/mol. The summed E-state index contributed by atoms with van der Waals surface area (Å²) >= 11 is 0.265. The average molecular weight is 903 g/mol. The van der Waals surface area contributed by atoms with Crippen LogP contribution in [0.5, 0.6) is 0 Å². The largest absolute Gasteiger partial charge is 0.512 e. The Morgan fingerprint density at radius 3 is 2.06 bits per heavy atom. The van der Waals surface area contributed by atoms with E-state index >= 15 is 0 Å². The first-order valence-electron chi connectivity index (χ1n) is 18.2. The maximum absolute atomic E-state index is 12.3. The summed E-state index contributed by atoms with van der Waals surface area (Å²) in [6.45, 7) is 23.1. The SMILES string of the molecule is CC(C)Cc1cccc2c1[se]c1c(-c3[c-]c4ccccc4c(C(C)(C)C)c3)nccc12.[2H]/C(C(=O)C(C)(CC)CC)=C(/O)C(C)(CC)CC.[Ir]. The van der Waals surface area contributed by atoms with Gasteiger partial charge in [0.1, 0.15) is 5.76 Å². The molecule has 3 nitrogen and oxygen atoms in total. The minimum absolute atomic E-state index is 0. The maximum atomic E-state index is 12.3. The first kappa shape index (κ1) is 39.2. The number of allylic oxidation sites excluding steroid dienone is 2. The summed E-state index contributed by atoms with van der Waals surface area (Å²) in [6, 6.07) is 23.5. The van der Waals surface area contributed by atoms with Crippen LogP contribution in [0.2, 0.25) is 0 Å². The molecule has 0 saturated heterocycles. The van der Waals surface area contributed by atoms with E-state index in [0.29, 0.717) is 18.8 Å². The Morgan fingerprint density at radius 2 is 1.47 bits per heavy atom. The van der Waals surface area contributed by atoms with Crippen LogP contribution in [0.4, 0.5) is 0 Å². The van der Waals surface area contributed by atoms with Crippen molar-refractivity contribution in [3.05, 3.63) is 89.8 Å². The van der Waals surface area contributed by atoms with Crippen LogP contribution in [0.15, 0.2) is 72.6 Å². The van der Waals surface area contributed by atoms with Gasteiger partial charge in [0.25, 0.3) is 0 Å². The summed E-state index contributed by atoms with van der Waals surface area (Å²) in [5.41, 5.74) is 4.16. The minimum Gasteiger partial charge on any atom is -0.512 e. The Bertz CT molecular complexity index is 1980. The Balaban J connectivity index is 0.000000309. The van der Waals surface area contributed by atoms with Gasteiger partial charge < -0.3 is 5.11 Å². The smallest absolute Gasteiger partial charge is 0.164 e. The molecule has 5 heteroatoms. The third-order valence-electron chi connectivity index (χ3n) is 10.4. The Kier molecular flexibility index (Phi) is 13.3. The second-order valence-corrected chi connectivity index (χ2v) is 17.4. The molecular formula is C44H56IrNO2Se-. The predicted molar refractivity (Wildman–Crippen MR) is 208 cm³/mol. The van der Waals surface area contributed by atoms with Crippen molar-refractivity contribution in [3.63, 3.8) is 0 Å². The number of ketones is 1. The quantitative estimate of drug-likeness (QED) is 0.0657. The standard InChI is InChI=1S/C29H28NSe.C15H28O2.Ir/c1-18(2)15-20-10-8-12-23-24-13-14-30-26(28(24)31-27(20)23)21-16-19-9-6-7-11-22(19)25(17-21)29(3,4)5;1-7-14(5,8-2)12(16)11-13(17)15(6,9-3)10-4;/h6-14,17-18H,15H2,1-5H3;11,16H,7-10H2,1-6H3;/q-1;;/b;12-11-;/i;11D;. The number of carbonyl (C=O) groups is 1. The van der Waals surface area contributed by atoms with Crippen LogP contribution >= 0.6 is 0 Å². The molecule has 0 saturated carbocycles. The second kappa shape index (κ2) is 16.6. The number of fused-ring (bicyclic) bond motifs is 4. The summed E-state index contributed by atoms with van der Waals surface area (Å²) < 4.78 is 10.9. The molecule has 2 heterocycles. The van der Waals surface area contributed by atoms with Gasteiger partial charge in [-0.3, -0.25) is 4.79 Å². The van der Waals surface area contributed by atoms with Gasteiger partial charge in [0.05, 0.1) is 1.37 Å². The fourth-order valence-electron chi connectivity index (χ4n) is 6.12. The summed E-state index contributed by atoms with van der Waals surface area (Å²) in [4.78, 5) is 17.3.